The molecule has 1 amide bonds. The zero-order valence-corrected chi connectivity index (χ0v) is 5.90. The minimum absolute atomic E-state index is 0.450. The molecule has 0 aromatic carbocycles. The van der Waals surface area contributed by atoms with Crippen LogP contribution in [0.5, 0.6) is 0 Å². The second-order valence-electron chi connectivity index (χ2n) is 2.02. The highest BCUT2D eigenvalue weighted by atomic mass is 16.1. The predicted molar refractivity (Wildman–Crippen MR) is 42.5 cm³/mol. The highest BCUT2D eigenvalue weighted by Crippen LogP contribution is 1.97. The lowest BCUT2D eigenvalue weighted by molar-refractivity contribution is -0.113. The minimum Gasteiger partial charge on any atom is -0.366 e. The molecule has 0 bridgehead atoms. The fourth-order valence-corrected chi connectivity index (χ4v) is 0.653. The van der Waals surface area contributed by atoms with Crippen molar-refractivity contribution in [3.05, 3.63) is 36.2 Å². The Morgan fingerprint density at radius 2 is 2.45 bits per heavy atom. The molecule has 3 heteroatoms. The van der Waals surface area contributed by atoms with E-state index in [1.807, 2.05) is 6.07 Å². The monoisotopic (exact) mass is 148 g/mol. The number of amides is 1. The van der Waals surface area contributed by atoms with Crippen LogP contribution in [0.25, 0.3) is 6.08 Å². The van der Waals surface area contributed by atoms with E-state index < -0.39 is 5.91 Å². The van der Waals surface area contributed by atoms with Gasteiger partial charge in [-0.15, -0.1) is 0 Å². The largest absolute Gasteiger partial charge is 0.366 e. The third kappa shape index (κ3) is 2.62. The van der Waals surface area contributed by atoms with Gasteiger partial charge in [0.1, 0.15) is 0 Å². The molecule has 0 atom stereocenters. The first kappa shape index (κ1) is 7.47. The molecule has 0 radical (unpaired) electrons. The molecular formula is C8H8N2O. The highest BCUT2D eigenvalue weighted by molar-refractivity contribution is 5.90. The van der Waals surface area contributed by atoms with Crippen LogP contribution in [-0.4, -0.2) is 10.9 Å². The van der Waals surface area contributed by atoms with Crippen LogP contribution in [0.1, 0.15) is 5.56 Å². The lowest BCUT2D eigenvalue weighted by Gasteiger charge is -1.87. The molecule has 0 spiro atoms. The van der Waals surface area contributed by atoms with Crippen LogP contribution < -0.4 is 5.73 Å². The van der Waals surface area contributed by atoms with E-state index >= 15 is 0 Å². The fraction of sp³-hybridized carbons (Fsp3) is 0. The summed E-state index contributed by atoms with van der Waals surface area (Å²) in [6.07, 6.45) is 6.24. The minimum atomic E-state index is -0.450. The Morgan fingerprint density at radius 1 is 1.64 bits per heavy atom. The van der Waals surface area contributed by atoms with Gasteiger partial charge in [-0.1, -0.05) is 6.07 Å². The number of nitrogens with zero attached hydrogens (tertiary/aromatic N) is 1. The summed E-state index contributed by atoms with van der Waals surface area (Å²) in [4.78, 5) is 14.1. The van der Waals surface area contributed by atoms with E-state index in [9.17, 15) is 4.79 Å². The molecule has 11 heavy (non-hydrogen) atoms. The van der Waals surface area contributed by atoms with Gasteiger partial charge in [0.15, 0.2) is 0 Å². The van der Waals surface area contributed by atoms with Gasteiger partial charge in [-0.3, -0.25) is 9.78 Å². The Balaban J connectivity index is 2.72. The van der Waals surface area contributed by atoms with Gasteiger partial charge in [0.25, 0.3) is 0 Å². The predicted octanol–water partition coefficient (Wildman–Crippen LogP) is 0.580. The SMILES string of the molecule is NC(=O)/C=C\c1cccnc1. The average molecular weight is 148 g/mol. The summed E-state index contributed by atoms with van der Waals surface area (Å²) in [5, 5.41) is 0. The molecule has 56 valence electrons. The third-order valence-electron chi connectivity index (χ3n) is 1.12. The summed E-state index contributed by atoms with van der Waals surface area (Å²) in [5.41, 5.74) is 5.76. The maximum atomic E-state index is 10.3. The van der Waals surface area contributed by atoms with Gasteiger partial charge in [0, 0.05) is 18.5 Å². The van der Waals surface area contributed by atoms with Gasteiger partial charge in [-0.2, -0.15) is 0 Å². The molecule has 0 fully saturated rings. The van der Waals surface area contributed by atoms with Crippen LogP contribution in [0.2, 0.25) is 0 Å². The second-order valence-corrected chi connectivity index (χ2v) is 2.02. The van der Waals surface area contributed by atoms with Crippen molar-refractivity contribution in [2.75, 3.05) is 0 Å². The number of pyridine rings is 1. The molecule has 1 aromatic heterocycles. The van der Waals surface area contributed by atoms with Gasteiger partial charge in [-0.25, -0.2) is 0 Å². The van der Waals surface area contributed by atoms with Crippen molar-refractivity contribution in [3.63, 3.8) is 0 Å². The zero-order valence-electron chi connectivity index (χ0n) is 5.90. The second kappa shape index (κ2) is 3.51. The van der Waals surface area contributed by atoms with Gasteiger partial charge in [0.2, 0.25) is 5.91 Å². The molecule has 3 nitrogen and oxygen atoms in total. The van der Waals surface area contributed by atoms with Crippen molar-refractivity contribution < 1.29 is 4.79 Å². The van der Waals surface area contributed by atoms with Crippen molar-refractivity contribution >= 4 is 12.0 Å². The topological polar surface area (TPSA) is 56.0 Å². The summed E-state index contributed by atoms with van der Waals surface area (Å²) in [6, 6.07) is 3.63. The lowest BCUT2D eigenvalue weighted by Crippen LogP contribution is -2.05. The Bertz CT molecular complexity index is 267. The summed E-state index contributed by atoms with van der Waals surface area (Å²) < 4.78 is 0. The van der Waals surface area contributed by atoms with Crippen LogP contribution in [0.3, 0.4) is 0 Å². The quantitative estimate of drug-likeness (QED) is 0.624. The number of aromatic nitrogens is 1. The smallest absolute Gasteiger partial charge is 0.241 e. The number of hydrogen-bond acceptors (Lipinski definition) is 2. The Kier molecular flexibility index (Phi) is 2.38. The number of carbonyl (C=O) groups excluding carboxylic acids is 1. The molecule has 0 aliphatic rings. The van der Waals surface area contributed by atoms with E-state index in [1.54, 1.807) is 24.5 Å². The zero-order chi connectivity index (χ0) is 8.10. The van der Waals surface area contributed by atoms with Crippen molar-refractivity contribution in [2.24, 2.45) is 5.73 Å². The Hall–Kier alpha value is -1.64. The molecule has 0 aliphatic heterocycles. The van der Waals surface area contributed by atoms with E-state index in [0.29, 0.717) is 0 Å². The van der Waals surface area contributed by atoms with E-state index in [-0.39, 0.29) is 0 Å². The van der Waals surface area contributed by atoms with Crippen LogP contribution in [0, 0.1) is 0 Å². The Morgan fingerprint density at radius 3 is 3.00 bits per heavy atom. The first-order chi connectivity index (χ1) is 5.29. The van der Waals surface area contributed by atoms with Crippen molar-refractivity contribution in [1.82, 2.24) is 4.98 Å². The highest BCUT2D eigenvalue weighted by Gasteiger charge is 1.84. The van der Waals surface area contributed by atoms with Gasteiger partial charge in [-0.05, 0) is 17.7 Å². The van der Waals surface area contributed by atoms with Crippen LogP contribution >= 0.6 is 0 Å². The van der Waals surface area contributed by atoms with Crippen molar-refractivity contribution in [1.29, 1.82) is 0 Å². The third-order valence-corrected chi connectivity index (χ3v) is 1.12. The van der Waals surface area contributed by atoms with Crippen LogP contribution in [-0.2, 0) is 4.79 Å². The molecule has 0 unspecified atom stereocenters. The van der Waals surface area contributed by atoms with Crippen molar-refractivity contribution in [2.45, 2.75) is 0 Å². The number of rotatable bonds is 2. The first-order valence-electron chi connectivity index (χ1n) is 3.16. The standard InChI is InChI=1S/C8H8N2O/c9-8(11)4-3-7-2-1-5-10-6-7/h1-6H,(H2,9,11)/b4-3-. The molecule has 0 saturated heterocycles. The summed E-state index contributed by atoms with van der Waals surface area (Å²) in [6.45, 7) is 0. The number of carbonyl (C=O) groups is 1. The van der Waals surface area contributed by atoms with Crippen molar-refractivity contribution in [3.8, 4) is 0 Å². The number of primary amides is 1. The van der Waals surface area contributed by atoms with Gasteiger partial charge >= 0.3 is 0 Å². The maximum absolute atomic E-state index is 10.3. The number of nitrogens with two attached hydrogens (primary N) is 1. The summed E-state index contributed by atoms with van der Waals surface area (Å²) in [5.74, 6) is -0.450. The molecule has 1 aromatic rings. The molecule has 2 N–H and O–H groups in total. The molecule has 0 saturated carbocycles. The average Bonchev–Trinajstić information content (AvgIpc) is 2.03. The van der Waals surface area contributed by atoms with E-state index in [1.165, 1.54) is 6.08 Å². The lowest BCUT2D eigenvalue weighted by atomic mass is 10.2. The molecule has 1 rings (SSSR count). The van der Waals surface area contributed by atoms with E-state index in [4.69, 9.17) is 5.73 Å². The summed E-state index contributed by atoms with van der Waals surface area (Å²) in [7, 11) is 0. The Labute approximate surface area is 64.6 Å². The molecular weight excluding hydrogens is 140 g/mol. The molecule has 0 aliphatic carbocycles. The molecule has 1 heterocycles. The maximum Gasteiger partial charge on any atom is 0.241 e. The van der Waals surface area contributed by atoms with Crippen LogP contribution in [0.15, 0.2) is 30.6 Å². The normalized spacial score (nSPS) is 10.2. The first-order valence-corrected chi connectivity index (χ1v) is 3.16. The van der Waals surface area contributed by atoms with E-state index in [0.717, 1.165) is 5.56 Å². The van der Waals surface area contributed by atoms with Gasteiger partial charge < -0.3 is 5.73 Å². The van der Waals surface area contributed by atoms with E-state index in [2.05, 4.69) is 4.98 Å². The number of hydrogen-bond donors (Lipinski definition) is 1. The fourth-order valence-electron chi connectivity index (χ4n) is 0.653. The van der Waals surface area contributed by atoms with Gasteiger partial charge in [0.05, 0.1) is 0 Å². The van der Waals surface area contributed by atoms with Crippen LogP contribution in [0.4, 0.5) is 0 Å². The summed E-state index contributed by atoms with van der Waals surface area (Å²) >= 11 is 0.